The minimum atomic E-state index is -0.207. The molecule has 0 radical (unpaired) electrons. The number of benzene rings is 1. The maximum atomic E-state index is 10.0. The molecule has 2 heterocycles. The van der Waals surface area contributed by atoms with Crippen LogP contribution in [0, 0.1) is 0 Å². The highest BCUT2D eigenvalue weighted by molar-refractivity contribution is 5.58. The number of hydrogen-bond donors (Lipinski definition) is 1. The highest BCUT2D eigenvalue weighted by atomic mass is 16.5. The van der Waals surface area contributed by atoms with Crippen LogP contribution in [0.1, 0.15) is 25.7 Å². The lowest BCUT2D eigenvalue weighted by Crippen LogP contribution is -2.47. The number of aliphatic hydroxyl groups excluding tert-OH is 1. The zero-order valence-electron chi connectivity index (χ0n) is 14.9. The molecule has 0 bridgehead atoms. The molecule has 5 nitrogen and oxygen atoms in total. The number of ether oxygens (including phenoxy) is 1. The van der Waals surface area contributed by atoms with Gasteiger partial charge >= 0.3 is 0 Å². The molecule has 2 fully saturated rings. The van der Waals surface area contributed by atoms with Crippen molar-refractivity contribution in [3.05, 3.63) is 24.3 Å². The monoisotopic (exact) mass is 333 g/mol. The first-order valence-electron chi connectivity index (χ1n) is 9.30. The van der Waals surface area contributed by atoms with Crippen molar-refractivity contribution >= 4 is 5.69 Å². The van der Waals surface area contributed by atoms with Gasteiger partial charge in [-0.3, -0.25) is 9.80 Å². The molecule has 3 rings (SSSR count). The molecule has 1 aromatic rings. The molecular formula is C19H31N3O2. The summed E-state index contributed by atoms with van der Waals surface area (Å²) < 4.78 is 5.48. The van der Waals surface area contributed by atoms with Crippen molar-refractivity contribution in [3.8, 4) is 5.75 Å². The Labute approximate surface area is 145 Å². The normalized spacial score (nSPS) is 23.4. The SMILES string of the molecule is COc1ccccc1N1CCN(CCCN2CCCCC2O)CC1. The van der Waals surface area contributed by atoms with Crippen LogP contribution in [-0.2, 0) is 0 Å². The van der Waals surface area contributed by atoms with Gasteiger partial charge in [0.15, 0.2) is 0 Å². The van der Waals surface area contributed by atoms with Crippen molar-refractivity contribution in [3.63, 3.8) is 0 Å². The second-order valence-electron chi connectivity index (χ2n) is 6.87. The second kappa shape index (κ2) is 8.70. The Kier molecular flexibility index (Phi) is 6.35. The van der Waals surface area contributed by atoms with Crippen molar-refractivity contribution < 1.29 is 9.84 Å². The largest absolute Gasteiger partial charge is 0.495 e. The first-order chi connectivity index (χ1) is 11.8. The molecule has 2 aliphatic heterocycles. The van der Waals surface area contributed by atoms with Crippen LogP contribution in [-0.4, -0.2) is 74.1 Å². The predicted octanol–water partition coefficient (Wildman–Crippen LogP) is 2.01. The number of likely N-dealkylation sites (tertiary alicyclic amines) is 1. The summed E-state index contributed by atoms with van der Waals surface area (Å²) in [5, 5.41) is 10.0. The van der Waals surface area contributed by atoms with E-state index in [1.807, 2.05) is 12.1 Å². The van der Waals surface area contributed by atoms with Gasteiger partial charge in [0.25, 0.3) is 0 Å². The third-order valence-corrected chi connectivity index (χ3v) is 5.30. The third-order valence-electron chi connectivity index (χ3n) is 5.30. The summed E-state index contributed by atoms with van der Waals surface area (Å²) in [7, 11) is 1.74. The zero-order valence-corrected chi connectivity index (χ0v) is 14.9. The van der Waals surface area contributed by atoms with E-state index in [0.717, 1.165) is 64.4 Å². The van der Waals surface area contributed by atoms with Crippen LogP contribution in [0.5, 0.6) is 5.75 Å². The maximum absolute atomic E-state index is 10.0. The first-order valence-corrected chi connectivity index (χ1v) is 9.30. The van der Waals surface area contributed by atoms with Crippen molar-refractivity contribution in [1.82, 2.24) is 9.80 Å². The van der Waals surface area contributed by atoms with Gasteiger partial charge in [0.2, 0.25) is 0 Å². The standard InChI is InChI=1S/C19H31N3O2/c1-24-18-8-3-2-7-17(18)21-15-13-20(14-16-21)10-6-12-22-11-5-4-9-19(22)23/h2-3,7-8,19,23H,4-6,9-16H2,1H3. The number of aliphatic hydroxyl groups is 1. The van der Waals surface area contributed by atoms with Crippen molar-refractivity contribution in [2.75, 3.05) is 57.8 Å². The summed E-state index contributed by atoms with van der Waals surface area (Å²) in [6.07, 6.45) is 4.28. The van der Waals surface area contributed by atoms with E-state index in [0.29, 0.717) is 0 Å². The van der Waals surface area contributed by atoms with Crippen LogP contribution >= 0.6 is 0 Å². The van der Waals surface area contributed by atoms with Crippen molar-refractivity contribution in [2.45, 2.75) is 31.9 Å². The summed E-state index contributed by atoms with van der Waals surface area (Å²) in [5.41, 5.74) is 1.20. The van der Waals surface area contributed by atoms with Gasteiger partial charge in [0.05, 0.1) is 12.8 Å². The number of anilines is 1. The van der Waals surface area contributed by atoms with Gasteiger partial charge in [-0.15, -0.1) is 0 Å². The van der Waals surface area contributed by atoms with E-state index in [9.17, 15) is 5.11 Å². The van der Waals surface area contributed by atoms with Gasteiger partial charge in [0.1, 0.15) is 12.0 Å². The maximum Gasteiger partial charge on any atom is 0.142 e. The number of methoxy groups -OCH3 is 1. The first kappa shape index (κ1) is 17.5. The molecule has 1 N–H and O–H groups in total. The number of rotatable bonds is 6. The fourth-order valence-electron chi connectivity index (χ4n) is 3.84. The number of nitrogens with zero attached hydrogens (tertiary/aromatic N) is 3. The average molecular weight is 333 g/mol. The molecule has 24 heavy (non-hydrogen) atoms. The van der Waals surface area contributed by atoms with Gasteiger partial charge in [-0.2, -0.15) is 0 Å². The molecule has 1 aromatic carbocycles. The zero-order chi connectivity index (χ0) is 16.8. The van der Waals surface area contributed by atoms with E-state index >= 15 is 0 Å². The molecule has 1 atom stereocenters. The van der Waals surface area contributed by atoms with Gasteiger partial charge in [-0.1, -0.05) is 12.1 Å². The predicted molar refractivity (Wildman–Crippen MR) is 97.7 cm³/mol. The fraction of sp³-hybridized carbons (Fsp3) is 0.684. The average Bonchev–Trinajstić information content (AvgIpc) is 2.64. The number of piperidine rings is 1. The lowest BCUT2D eigenvalue weighted by Gasteiger charge is -2.37. The van der Waals surface area contributed by atoms with Crippen LogP contribution in [0.3, 0.4) is 0 Å². The Morgan fingerprint density at radius 2 is 1.83 bits per heavy atom. The summed E-state index contributed by atoms with van der Waals surface area (Å²) in [5.74, 6) is 0.963. The van der Waals surface area contributed by atoms with Gasteiger partial charge in [-0.05, 0) is 44.4 Å². The lowest BCUT2D eigenvalue weighted by atomic mass is 10.1. The van der Waals surface area contributed by atoms with Crippen LogP contribution in [0.25, 0.3) is 0 Å². The molecule has 2 aliphatic rings. The van der Waals surface area contributed by atoms with Gasteiger partial charge < -0.3 is 14.7 Å². The number of piperazine rings is 1. The fourth-order valence-corrected chi connectivity index (χ4v) is 3.84. The van der Waals surface area contributed by atoms with E-state index in [2.05, 4.69) is 26.8 Å². The number of para-hydroxylation sites is 2. The Morgan fingerprint density at radius 3 is 2.58 bits per heavy atom. The molecule has 0 aromatic heterocycles. The Balaban J connectivity index is 1.40. The molecule has 0 aliphatic carbocycles. The van der Waals surface area contributed by atoms with Crippen LogP contribution in [0.4, 0.5) is 5.69 Å². The molecule has 1 unspecified atom stereocenters. The van der Waals surface area contributed by atoms with Crippen molar-refractivity contribution in [2.24, 2.45) is 0 Å². The highest BCUT2D eigenvalue weighted by Gasteiger charge is 2.21. The van der Waals surface area contributed by atoms with Gasteiger partial charge in [0, 0.05) is 39.3 Å². The molecule has 2 saturated heterocycles. The van der Waals surface area contributed by atoms with Crippen LogP contribution < -0.4 is 9.64 Å². The van der Waals surface area contributed by atoms with E-state index in [1.165, 1.54) is 18.5 Å². The topological polar surface area (TPSA) is 39.2 Å². The van der Waals surface area contributed by atoms with E-state index in [4.69, 9.17) is 4.74 Å². The van der Waals surface area contributed by atoms with E-state index in [1.54, 1.807) is 7.11 Å². The summed E-state index contributed by atoms with van der Waals surface area (Å²) >= 11 is 0. The second-order valence-corrected chi connectivity index (χ2v) is 6.87. The van der Waals surface area contributed by atoms with Crippen molar-refractivity contribution in [1.29, 1.82) is 0 Å². The quantitative estimate of drug-likeness (QED) is 0.862. The third kappa shape index (κ3) is 4.41. The Bertz CT molecular complexity index is 503. The molecule has 0 saturated carbocycles. The van der Waals surface area contributed by atoms with Crippen LogP contribution in [0.2, 0.25) is 0 Å². The highest BCUT2D eigenvalue weighted by Crippen LogP contribution is 2.28. The minimum absolute atomic E-state index is 0.207. The molecule has 0 amide bonds. The minimum Gasteiger partial charge on any atom is -0.495 e. The van der Waals surface area contributed by atoms with E-state index < -0.39 is 0 Å². The van der Waals surface area contributed by atoms with Crippen LogP contribution in [0.15, 0.2) is 24.3 Å². The smallest absolute Gasteiger partial charge is 0.142 e. The molecule has 0 spiro atoms. The van der Waals surface area contributed by atoms with E-state index in [-0.39, 0.29) is 6.23 Å². The molecule has 134 valence electrons. The summed E-state index contributed by atoms with van der Waals surface area (Å²) in [6.45, 7) is 7.50. The number of hydrogen-bond acceptors (Lipinski definition) is 5. The summed E-state index contributed by atoms with van der Waals surface area (Å²) in [4.78, 5) is 7.21. The lowest BCUT2D eigenvalue weighted by molar-refractivity contribution is -0.0252. The summed E-state index contributed by atoms with van der Waals surface area (Å²) in [6, 6.07) is 8.28. The molecule has 5 heteroatoms. The Morgan fingerprint density at radius 1 is 1.04 bits per heavy atom. The Hall–Kier alpha value is -1.30. The van der Waals surface area contributed by atoms with Gasteiger partial charge in [-0.25, -0.2) is 0 Å². The molecular weight excluding hydrogens is 302 g/mol.